The van der Waals surface area contributed by atoms with Crippen LogP contribution in [0.2, 0.25) is 0 Å². The second-order valence-corrected chi connectivity index (χ2v) is 15.8. The van der Waals surface area contributed by atoms with Crippen molar-refractivity contribution in [2.24, 2.45) is 0 Å². The van der Waals surface area contributed by atoms with Crippen molar-refractivity contribution >= 4 is 92.4 Å². The van der Waals surface area contributed by atoms with Crippen LogP contribution in [0.5, 0.6) is 0 Å². The van der Waals surface area contributed by atoms with E-state index in [4.69, 9.17) is 8.83 Å². The van der Waals surface area contributed by atoms with E-state index in [1.165, 1.54) is 36.9 Å². The Labute approximate surface area is 338 Å². The highest BCUT2D eigenvalue weighted by molar-refractivity contribution is 7.27. The summed E-state index contributed by atoms with van der Waals surface area (Å²) in [6.45, 7) is 0. The number of hydrogen-bond acceptors (Lipinski definition) is 4. The van der Waals surface area contributed by atoms with Gasteiger partial charge in [0.05, 0.1) is 16.1 Å². The van der Waals surface area contributed by atoms with Gasteiger partial charge in [0.15, 0.2) is 5.58 Å². The van der Waals surface area contributed by atoms with Gasteiger partial charge in [0.25, 0.3) is 0 Å². The molecule has 0 bridgehead atoms. The Balaban J connectivity index is 1.08. The average molecular weight is 760 g/mol. The summed E-state index contributed by atoms with van der Waals surface area (Å²) >= 11 is 1.86. The molecule has 0 aliphatic rings. The normalized spacial score (nSPS) is 11.8. The molecule has 4 heteroatoms. The number of benzene rings is 9. The number of thiophene rings is 1. The van der Waals surface area contributed by atoms with Crippen LogP contribution >= 0.6 is 11.3 Å². The summed E-state index contributed by atoms with van der Waals surface area (Å²) in [5, 5.41) is 6.95. The van der Waals surface area contributed by atoms with Gasteiger partial charge in [-0.2, -0.15) is 0 Å². The summed E-state index contributed by atoms with van der Waals surface area (Å²) in [4.78, 5) is 2.39. The van der Waals surface area contributed by atoms with Gasteiger partial charge in [-0.1, -0.05) is 152 Å². The van der Waals surface area contributed by atoms with Gasteiger partial charge in [-0.15, -0.1) is 11.3 Å². The zero-order valence-electron chi connectivity index (χ0n) is 31.2. The highest BCUT2D eigenvalue weighted by atomic mass is 32.1. The van der Waals surface area contributed by atoms with E-state index in [-0.39, 0.29) is 0 Å². The van der Waals surface area contributed by atoms with Crippen LogP contribution in [-0.2, 0) is 0 Å². The van der Waals surface area contributed by atoms with Crippen molar-refractivity contribution in [1.82, 2.24) is 0 Å². The fourth-order valence-electron chi connectivity index (χ4n) is 8.81. The summed E-state index contributed by atoms with van der Waals surface area (Å²) in [6.07, 6.45) is 0. The quantitative estimate of drug-likeness (QED) is 0.169. The third kappa shape index (κ3) is 5.12. The molecule has 3 heterocycles. The first-order valence-electron chi connectivity index (χ1n) is 19.6. The molecule has 0 saturated heterocycles. The molecule has 3 aromatic heterocycles. The number of hydrogen-bond donors (Lipinski definition) is 0. The van der Waals surface area contributed by atoms with E-state index in [0.717, 1.165) is 77.6 Å². The van der Waals surface area contributed by atoms with Gasteiger partial charge < -0.3 is 13.7 Å². The van der Waals surface area contributed by atoms with Crippen LogP contribution in [-0.4, -0.2) is 0 Å². The molecule has 0 atom stereocenters. The first-order valence-corrected chi connectivity index (χ1v) is 20.4. The molecule has 58 heavy (non-hydrogen) atoms. The third-order valence-electron chi connectivity index (χ3n) is 11.5. The third-order valence-corrected chi connectivity index (χ3v) is 12.8. The standard InChI is InChI=1S/C54H33NO2S/c1-3-13-35(14-4-1)39-18-12-26-50-51(39)44-22-11-23-46(52(44)57-50)55(38-30-27-34(28-31-38)37-29-32-49-45(33-37)41-17-7-8-25-48(41)56-49)47-24-10-21-43-42-20-9-19-40(53(42)58-54(43)47)36-15-5-2-6-16-36/h1-33H. The fraction of sp³-hybridized carbons (Fsp3) is 0. The molecule has 9 aromatic carbocycles. The molecule has 12 aromatic rings. The van der Waals surface area contributed by atoms with E-state index < -0.39 is 0 Å². The molecule has 0 fully saturated rings. The van der Waals surface area contributed by atoms with Gasteiger partial charge in [0, 0.05) is 42.7 Å². The van der Waals surface area contributed by atoms with Gasteiger partial charge in [0.1, 0.15) is 16.7 Å². The number of para-hydroxylation sites is 2. The molecule has 3 nitrogen and oxygen atoms in total. The van der Waals surface area contributed by atoms with Crippen molar-refractivity contribution in [2.75, 3.05) is 4.90 Å². The molecule has 0 radical (unpaired) electrons. The number of nitrogens with zero attached hydrogens (tertiary/aromatic N) is 1. The minimum Gasteiger partial charge on any atom is -0.456 e. The summed E-state index contributed by atoms with van der Waals surface area (Å²) in [6, 6.07) is 71.3. The molecule has 272 valence electrons. The first kappa shape index (κ1) is 32.8. The van der Waals surface area contributed by atoms with Crippen LogP contribution in [0.25, 0.3) is 97.4 Å². The molecular weight excluding hydrogens is 727 g/mol. The summed E-state index contributed by atoms with van der Waals surface area (Å²) in [5.74, 6) is 0. The lowest BCUT2D eigenvalue weighted by Crippen LogP contribution is -2.10. The largest absolute Gasteiger partial charge is 0.456 e. The van der Waals surface area contributed by atoms with E-state index in [1.54, 1.807) is 0 Å². The highest BCUT2D eigenvalue weighted by Gasteiger charge is 2.24. The van der Waals surface area contributed by atoms with Crippen molar-refractivity contribution in [3.63, 3.8) is 0 Å². The molecule has 0 amide bonds. The number of anilines is 3. The van der Waals surface area contributed by atoms with Crippen molar-refractivity contribution < 1.29 is 8.83 Å². The van der Waals surface area contributed by atoms with E-state index in [2.05, 4.69) is 193 Å². The molecule has 12 rings (SSSR count). The smallest absolute Gasteiger partial charge is 0.159 e. The maximum Gasteiger partial charge on any atom is 0.159 e. The van der Waals surface area contributed by atoms with Gasteiger partial charge in [-0.3, -0.25) is 0 Å². The van der Waals surface area contributed by atoms with Crippen molar-refractivity contribution in [1.29, 1.82) is 0 Å². The lowest BCUT2D eigenvalue weighted by atomic mass is 9.99. The predicted octanol–water partition coefficient (Wildman–Crippen LogP) is 16.3. The van der Waals surface area contributed by atoms with E-state index in [1.807, 2.05) is 23.5 Å². The van der Waals surface area contributed by atoms with Crippen LogP contribution < -0.4 is 4.90 Å². The van der Waals surface area contributed by atoms with Crippen molar-refractivity contribution in [3.8, 4) is 33.4 Å². The molecular formula is C54H33NO2S. The van der Waals surface area contributed by atoms with Crippen LogP contribution in [0.3, 0.4) is 0 Å². The summed E-state index contributed by atoms with van der Waals surface area (Å²) in [5.41, 5.74) is 13.7. The topological polar surface area (TPSA) is 29.5 Å². The Hall–Kier alpha value is -7.40. The van der Waals surface area contributed by atoms with E-state index in [0.29, 0.717) is 0 Å². The van der Waals surface area contributed by atoms with Crippen molar-refractivity contribution in [2.45, 2.75) is 0 Å². The maximum absolute atomic E-state index is 6.93. The highest BCUT2D eigenvalue weighted by Crippen LogP contribution is 2.50. The molecule has 0 N–H and O–H groups in total. The summed E-state index contributed by atoms with van der Waals surface area (Å²) in [7, 11) is 0. The Kier molecular flexibility index (Phi) is 7.40. The maximum atomic E-state index is 6.93. The fourth-order valence-corrected chi connectivity index (χ4v) is 10.2. The van der Waals surface area contributed by atoms with Crippen LogP contribution in [0.4, 0.5) is 17.1 Å². The minimum atomic E-state index is 0.852. The lowest BCUT2D eigenvalue weighted by molar-refractivity contribution is 0.668. The van der Waals surface area contributed by atoms with Gasteiger partial charge >= 0.3 is 0 Å². The summed E-state index contributed by atoms with van der Waals surface area (Å²) < 4.78 is 15.6. The Bertz CT molecular complexity index is 3490. The Morgan fingerprint density at radius 2 is 0.931 bits per heavy atom. The van der Waals surface area contributed by atoms with Gasteiger partial charge in [-0.25, -0.2) is 0 Å². The average Bonchev–Trinajstić information content (AvgIpc) is 3.99. The predicted molar refractivity (Wildman–Crippen MR) is 245 cm³/mol. The van der Waals surface area contributed by atoms with Crippen LogP contribution in [0.1, 0.15) is 0 Å². The monoisotopic (exact) mass is 759 g/mol. The number of fused-ring (bicyclic) bond motifs is 9. The zero-order chi connectivity index (χ0) is 38.2. The molecule has 0 saturated carbocycles. The number of furan rings is 2. The lowest BCUT2D eigenvalue weighted by Gasteiger charge is -2.26. The van der Waals surface area contributed by atoms with Gasteiger partial charge in [-0.05, 0) is 81.9 Å². The molecule has 0 unspecified atom stereocenters. The Morgan fingerprint density at radius 1 is 0.345 bits per heavy atom. The second-order valence-electron chi connectivity index (χ2n) is 14.8. The minimum absolute atomic E-state index is 0.852. The van der Waals surface area contributed by atoms with Crippen molar-refractivity contribution in [3.05, 3.63) is 200 Å². The zero-order valence-corrected chi connectivity index (χ0v) is 32.0. The SMILES string of the molecule is c1ccc(-c2cccc3c2sc2c(N(c4ccc(-c5ccc6oc7ccccc7c6c5)cc4)c4cccc5c4oc4cccc(-c6ccccc6)c45)cccc23)cc1. The van der Waals surface area contributed by atoms with Crippen LogP contribution in [0, 0.1) is 0 Å². The Morgan fingerprint density at radius 3 is 1.74 bits per heavy atom. The second kappa shape index (κ2) is 13.1. The van der Waals surface area contributed by atoms with E-state index in [9.17, 15) is 0 Å². The number of rotatable bonds is 6. The first-order chi connectivity index (χ1) is 28.8. The molecule has 0 aliphatic carbocycles. The molecule has 0 aliphatic heterocycles. The van der Waals surface area contributed by atoms with E-state index >= 15 is 0 Å². The van der Waals surface area contributed by atoms with Crippen LogP contribution in [0.15, 0.2) is 209 Å². The molecule has 0 spiro atoms. The van der Waals surface area contributed by atoms with Gasteiger partial charge in [0.2, 0.25) is 0 Å².